The molecule has 2 aliphatic heterocycles. The molecule has 0 bridgehead atoms. The van der Waals surface area contributed by atoms with Gasteiger partial charge in [0.1, 0.15) is 29.5 Å². The van der Waals surface area contributed by atoms with Crippen LogP contribution in [-0.2, 0) is 0 Å². The molecule has 0 radical (unpaired) electrons. The standard InChI is InChI=1S/C15H16N4OS.C12H16N4.BrH/c16-7-11-10(9-2-1-4-18-8-9)6-12(19-15(11)17)14-13(20)3-5-21-14;1-8-5-10(9-3-2-4-15-7-9)11(6-13)12(14)16-8;/h3,5-6,9,18,20H,1-2,4,8H2,(H2,17,19);5,9,15H,2-4,7H2,1H3,(H2,14,16);1H. The molecule has 0 amide bonds. The van der Waals surface area contributed by atoms with Gasteiger partial charge in [-0.1, -0.05) is 0 Å². The molecule has 3 aromatic heterocycles. The van der Waals surface area contributed by atoms with Crippen LogP contribution in [0.2, 0.25) is 0 Å². The number of hydrogen-bond acceptors (Lipinski definition) is 10. The average molecular weight is 598 g/mol. The second-order valence-electron chi connectivity index (χ2n) is 9.42. The molecule has 2 unspecified atom stereocenters. The van der Waals surface area contributed by atoms with Crippen LogP contribution in [0.5, 0.6) is 5.75 Å². The van der Waals surface area contributed by atoms with Crippen molar-refractivity contribution in [3.63, 3.8) is 0 Å². The second-order valence-corrected chi connectivity index (χ2v) is 10.3. The fraction of sp³-hybridized carbons (Fsp3) is 0.407. The van der Waals surface area contributed by atoms with Crippen LogP contribution in [0.1, 0.15) is 65.5 Å². The zero-order valence-electron chi connectivity index (χ0n) is 21.3. The molecule has 3 aromatic rings. The molecule has 200 valence electrons. The van der Waals surface area contributed by atoms with E-state index in [4.69, 9.17) is 16.7 Å². The minimum Gasteiger partial charge on any atom is -0.506 e. The Balaban J connectivity index is 0.000000213. The molecule has 0 aliphatic carbocycles. The molecule has 9 nitrogen and oxygen atoms in total. The van der Waals surface area contributed by atoms with Gasteiger partial charge in [0.05, 0.1) is 21.7 Å². The van der Waals surface area contributed by atoms with Crippen LogP contribution in [0, 0.1) is 29.6 Å². The van der Waals surface area contributed by atoms with Crippen molar-refractivity contribution in [2.75, 3.05) is 37.6 Å². The van der Waals surface area contributed by atoms with E-state index in [0.717, 1.165) is 68.7 Å². The van der Waals surface area contributed by atoms with E-state index >= 15 is 0 Å². The Morgan fingerprint density at radius 3 is 1.97 bits per heavy atom. The zero-order chi connectivity index (χ0) is 26.4. The van der Waals surface area contributed by atoms with E-state index in [1.165, 1.54) is 11.3 Å². The lowest BCUT2D eigenvalue weighted by molar-refractivity contribution is 0.461. The summed E-state index contributed by atoms with van der Waals surface area (Å²) in [5, 5.41) is 36.9. The summed E-state index contributed by atoms with van der Waals surface area (Å²) in [6, 6.07) is 9.88. The minimum absolute atomic E-state index is 0. The number of anilines is 2. The van der Waals surface area contributed by atoms with Gasteiger partial charge in [0.25, 0.3) is 0 Å². The Labute approximate surface area is 237 Å². The number of nitrogen functional groups attached to an aromatic ring is 2. The average Bonchev–Trinajstić information content (AvgIpc) is 3.35. The van der Waals surface area contributed by atoms with Gasteiger partial charge in [0.2, 0.25) is 0 Å². The summed E-state index contributed by atoms with van der Waals surface area (Å²) in [4.78, 5) is 9.11. The third-order valence-electron chi connectivity index (χ3n) is 6.86. The van der Waals surface area contributed by atoms with Crippen LogP contribution in [0.3, 0.4) is 0 Å². The Morgan fingerprint density at radius 2 is 1.50 bits per heavy atom. The number of nitriles is 2. The normalized spacial score (nSPS) is 18.7. The molecule has 2 aliphatic rings. The van der Waals surface area contributed by atoms with Gasteiger partial charge in [0.15, 0.2) is 0 Å². The van der Waals surface area contributed by atoms with Crippen LogP contribution in [0.4, 0.5) is 11.6 Å². The molecule has 5 rings (SSSR count). The van der Waals surface area contributed by atoms with E-state index in [-0.39, 0.29) is 34.5 Å². The first-order valence-corrected chi connectivity index (χ1v) is 13.4. The monoisotopic (exact) mass is 596 g/mol. The predicted octanol–water partition coefficient (Wildman–Crippen LogP) is 4.33. The van der Waals surface area contributed by atoms with Crippen molar-refractivity contribution in [2.24, 2.45) is 0 Å². The third-order valence-corrected chi connectivity index (χ3v) is 7.78. The zero-order valence-corrected chi connectivity index (χ0v) is 23.9. The first-order valence-electron chi connectivity index (χ1n) is 12.5. The first-order chi connectivity index (χ1) is 17.9. The van der Waals surface area contributed by atoms with Crippen LogP contribution in [-0.4, -0.2) is 41.3 Å². The van der Waals surface area contributed by atoms with E-state index in [2.05, 4.69) is 32.7 Å². The maximum atomic E-state index is 9.87. The third kappa shape index (κ3) is 6.61. The molecule has 0 spiro atoms. The van der Waals surface area contributed by atoms with Gasteiger partial charge in [-0.05, 0) is 92.2 Å². The van der Waals surface area contributed by atoms with Crippen LogP contribution in [0.25, 0.3) is 10.6 Å². The topological polar surface area (TPSA) is 170 Å². The van der Waals surface area contributed by atoms with Crippen molar-refractivity contribution in [1.29, 1.82) is 10.5 Å². The number of aromatic nitrogens is 2. The second kappa shape index (κ2) is 13.5. The summed E-state index contributed by atoms with van der Waals surface area (Å²) in [6.45, 7) is 5.76. The highest BCUT2D eigenvalue weighted by Crippen LogP contribution is 2.37. The Bertz CT molecular complexity index is 1330. The van der Waals surface area contributed by atoms with Gasteiger partial charge in [-0.2, -0.15) is 10.5 Å². The maximum Gasteiger partial charge on any atom is 0.142 e. The van der Waals surface area contributed by atoms with Crippen LogP contribution >= 0.6 is 28.3 Å². The number of nitrogens with two attached hydrogens (primary N) is 2. The van der Waals surface area contributed by atoms with E-state index in [0.29, 0.717) is 33.4 Å². The number of piperidine rings is 2. The predicted molar refractivity (Wildman–Crippen MR) is 156 cm³/mol. The van der Waals surface area contributed by atoms with Crippen molar-refractivity contribution >= 4 is 40.0 Å². The van der Waals surface area contributed by atoms with E-state index in [1.807, 2.05) is 24.4 Å². The molecule has 2 atom stereocenters. The SMILES string of the molecule is Br.Cc1cc(C2CCCNC2)c(C#N)c(N)n1.N#Cc1c(C2CCCNC2)cc(-c2sccc2O)nc1N. The van der Waals surface area contributed by atoms with Crippen molar-refractivity contribution < 1.29 is 5.11 Å². The number of nitrogens with one attached hydrogen (secondary N) is 2. The number of pyridine rings is 2. The maximum absolute atomic E-state index is 9.87. The number of hydrogen-bond donors (Lipinski definition) is 5. The summed E-state index contributed by atoms with van der Waals surface area (Å²) in [7, 11) is 0. The molecule has 0 saturated carbocycles. The smallest absolute Gasteiger partial charge is 0.142 e. The Morgan fingerprint density at radius 1 is 0.947 bits per heavy atom. The highest BCUT2D eigenvalue weighted by Gasteiger charge is 2.23. The molecule has 2 saturated heterocycles. The molecular weight excluding hydrogens is 564 g/mol. The van der Waals surface area contributed by atoms with Crippen molar-refractivity contribution in [3.8, 4) is 28.5 Å². The fourth-order valence-electron chi connectivity index (χ4n) is 5.04. The summed E-state index contributed by atoms with van der Waals surface area (Å²) in [5.41, 5.74) is 16.3. The van der Waals surface area contributed by atoms with Gasteiger partial charge in [-0.25, -0.2) is 9.97 Å². The number of nitrogens with zero attached hydrogens (tertiary/aromatic N) is 4. The van der Waals surface area contributed by atoms with E-state index in [1.54, 1.807) is 6.07 Å². The molecule has 5 heterocycles. The minimum atomic E-state index is 0. The highest BCUT2D eigenvalue weighted by atomic mass is 79.9. The van der Waals surface area contributed by atoms with Crippen molar-refractivity contribution in [2.45, 2.75) is 44.4 Å². The largest absolute Gasteiger partial charge is 0.506 e. The van der Waals surface area contributed by atoms with Gasteiger partial charge in [-0.3, -0.25) is 0 Å². The van der Waals surface area contributed by atoms with Crippen molar-refractivity contribution in [1.82, 2.24) is 20.6 Å². The fourth-order valence-corrected chi connectivity index (χ4v) is 5.79. The Kier molecular flexibility index (Phi) is 10.5. The lowest BCUT2D eigenvalue weighted by atomic mass is 9.88. The van der Waals surface area contributed by atoms with Gasteiger partial charge in [0, 0.05) is 18.8 Å². The number of halogens is 1. The molecule has 0 aromatic carbocycles. The van der Waals surface area contributed by atoms with E-state index < -0.39 is 0 Å². The van der Waals surface area contributed by atoms with Gasteiger partial charge < -0.3 is 27.2 Å². The quantitative estimate of drug-likeness (QED) is 0.295. The van der Waals surface area contributed by atoms with Crippen molar-refractivity contribution in [3.05, 3.63) is 51.5 Å². The molecule has 7 N–H and O–H groups in total. The molecular formula is C27H33BrN8OS. The summed E-state index contributed by atoms with van der Waals surface area (Å²) >= 11 is 1.41. The number of thiophene rings is 1. The first kappa shape index (κ1) is 29.3. The lowest BCUT2D eigenvalue weighted by Crippen LogP contribution is -2.29. The summed E-state index contributed by atoms with van der Waals surface area (Å²) in [6.07, 6.45) is 4.37. The summed E-state index contributed by atoms with van der Waals surface area (Å²) < 4.78 is 0. The van der Waals surface area contributed by atoms with Gasteiger partial charge >= 0.3 is 0 Å². The lowest BCUT2D eigenvalue weighted by Gasteiger charge is -2.24. The highest BCUT2D eigenvalue weighted by molar-refractivity contribution is 8.93. The summed E-state index contributed by atoms with van der Waals surface area (Å²) in [5.74, 6) is 1.46. The molecule has 38 heavy (non-hydrogen) atoms. The molecule has 2 fully saturated rings. The van der Waals surface area contributed by atoms with Crippen LogP contribution < -0.4 is 22.1 Å². The number of aryl methyl sites for hydroxylation is 1. The number of rotatable bonds is 3. The Hall–Kier alpha value is -3.22. The molecule has 11 heteroatoms. The van der Waals surface area contributed by atoms with E-state index in [9.17, 15) is 10.4 Å². The van der Waals surface area contributed by atoms with Gasteiger partial charge in [-0.15, -0.1) is 28.3 Å². The van der Waals surface area contributed by atoms with Crippen LogP contribution in [0.15, 0.2) is 23.6 Å². The number of aromatic hydroxyl groups is 1.